The van der Waals surface area contributed by atoms with E-state index in [1.165, 1.54) is 0 Å². The van der Waals surface area contributed by atoms with E-state index >= 15 is 0 Å². The van der Waals surface area contributed by atoms with Gasteiger partial charge in [0.2, 0.25) is 0 Å². The Morgan fingerprint density at radius 3 is 2.29 bits per heavy atom. The Morgan fingerprint density at radius 1 is 1.14 bits per heavy atom. The summed E-state index contributed by atoms with van der Waals surface area (Å²) in [4.78, 5) is 21.9. The first-order valence-corrected chi connectivity index (χ1v) is 5.60. The van der Waals surface area contributed by atoms with E-state index in [1.54, 1.807) is 6.92 Å². The predicted octanol–water partition coefficient (Wildman–Crippen LogP) is 3.14. The molecule has 82 valence electrons. The maximum Gasteiger partial charge on any atom is 0.135 e. The molecule has 0 aromatic heterocycles. The summed E-state index contributed by atoms with van der Waals surface area (Å²) < 4.78 is 0. The van der Waals surface area contributed by atoms with Gasteiger partial charge in [0.1, 0.15) is 11.6 Å². The molecule has 0 saturated heterocycles. The number of hydrogen-bond acceptors (Lipinski definition) is 2. The molecule has 14 heavy (non-hydrogen) atoms. The van der Waals surface area contributed by atoms with Crippen molar-refractivity contribution < 1.29 is 9.59 Å². The van der Waals surface area contributed by atoms with Crippen molar-refractivity contribution in [2.45, 2.75) is 59.3 Å². The average molecular weight is 198 g/mol. The summed E-state index contributed by atoms with van der Waals surface area (Å²) >= 11 is 0. The molecule has 0 aliphatic carbocycles. The number of rotatable bonds is 8. The van der Waals surface area contributed by atoms with Gasteiger partial charge in [0, 0.05) is 18.8 Å². The van der Waals surface area contributed by atoms with Crippen LogP contribution in [0.2, 0.25) is 0 Å². The van der Waals surface area contributed by atoms with Crippen LogP contribution in [0.25, 0.3) is 0 Å². The molecule has 0 N–H and O–H groups in total. The monoisotopic (exact) mass is 198 g/mol. The Morgan fingerprint density at radius 2 is 1.79 bits per heavy atom. The maximum absolute atomic E-state index is 11.2. The topological polar surface area (TPSA) is 34.1 Å². The van der Waals surface area contributed by atoms with Gasteiger partial charge in [-0.05, 0) is 19.8 Å². The standard InChI is InChI=1S/C12H22O2/c1-4-12(14)10(2)8-6-5-7-9-11(3)13/h10H,4-9H2,1-3H3. The lowest BCUT2D eigenvalue weighted by atomic mass is 9.97. The second kappa shape index (κ2) is 7.72. The highest BCUT2D eigenvalue weighted by Gasteiger charge is 2.09. The molecule has 2 nitrogen and oxygen atoms in total. The molecule has 0 rings (SSSR count). The number of Topliss-reactive ketones (excluding diaryl/α,β-unsaturated/α-hetero) is 2. The summed E-state index contributed by atoms with van der Waals surface area (Å²) in [6, 6.07) is 0. The Labute approximate surface area is 87.1 Å². The smallest absolute Gasteiger partial charge is 0.135 e. The fraction of sp³-hybridized carbons (Fsp3) is 0.833. The van der Waals surface area contributed by atoms with Crippen LogP contribution in [0.1, 0.15) is 59.3 Å². The fourth-order valence-electron chi connectivity index (χ4n) is 1.51. The minimum absolute atomic E-state index is 0.206. The van der Waals surface area contributed by atoms with Crippen LogP contribution < -0.4 is 0 Å². The largest absolute Gasteiger partial charge is 0.300 e. The highest BCUT2D eigenvalue weighted by atomic mass is 16.1. The second-order valence-electron chi connectivity index (χ2n) is 4.02. The van der Waals surface area contributed by atoms with Crippen molar-refractivity contribution in [2.24, 2.45) is 5.92 Å². The number of carbonyl (C=O) groups excluding carboxylic acids is 2. The van der Waals surface area contributed by atoms with Crippen molar-refractivity contribution in [2.75, 3.05) is 0 Å². The van der Waals surface area contributed by atoms with Crippen molar-refractivity contribution >= 4 is 11.6 Å². The molecule has 0 spiro atoms. The Kier molecular flexibility index (Phi) is 7.35. The molecule has 0 aliphatic rings. The van der Waals surface area contributed by atoms with Crippen LogP contribution in [-0.2, 0) is 9.59 Å². The Balaban J connectivity index is 3.36. The van der Waals surface area contributed by atoms with Gasteiger partial charge in [-0.1, -0.05) is 26.7 Å². The van der Waals surface area contributed by atoms with Crippen LogP contribution in [-0.4, -0.2) is 11.6 Å². The molecule has 0 saturated carbocycles. The lowest BCUT2D eigenvalue weighted by Crippen LogP contribution is -2.08. The van der Waals surface area contributed by atoms with Gasteiger partial charge in [-0.2, -0.15) is 0 Å². The van der Waals surface area contributed by atoms with Gasteiger partial charge in [-0.3, -0.25) is 4.79 Å². The Hall–Kier alpha value is -0.660. The molecular formula is C12H22O2. The summed E-state index contributed by atoms with van der Waals surface area (Å²) in [5, 5.41) is 0. The lowest BCUT2D eigenvalue weighted by molar-refractivity contribution is -0.122. The third kappa shape index (κ3) is 6.81. The van der Waals surface area contributed by atoms with Gasteiger partial charge >= 0.3 is 0 Å². The first-order chi connectivity index (χ1) is 6.57. The van der Waals surface area contributed by atoms with Gasteiger partial charge in [-0.15, -0.1) is 0 Å². The molecule has 0 bridgehead atoms. The van der Waals surface area contributed by atoms with E-state index in [1.807, 2.05) is 13.8 Å². The summed E-state index contributed by atoms with van der Waals surface area (Å²) in [5.74, 6) is 0.830. The van der Waals surface area contributed by atoms with Crippen LogP contribution >= 0.6 is 0 Å². The zero-order valence-electron chi connectivity index (χ0n) is 9.64. The van der Waals surface area contributed by atoms with Crippen molar-refractivity contribution in [3.63, 3.8) is 0 Å². The number of ketones is 2. The van der Waals surface area contributed by atoms with Gasteiger partial charge in [0.05, 0.1) is 0 Å². The molecule has 0 aromatic carbocycles. The van der Waals surface area contributed by atoms with E-state index in [4.69, 9.17) is 0 Å². The van der Waals surface area contributed by atoms with Crippen molar-refractivity contribution in [1.29, 1.82) is 0 Å². The van der Waals surface area contributed by atoms with Crippen molar-refractivity contribution in [3.05, 3.63) is 0 Å². The average Bonchev–Trinajstić information content (AvgIpc) is 2.15. The summed E-state index contributed by atoms with van der Waals surface area (Å²) in [7, 11) is 0. The lowest BCUT2D eigenvalue weighted by Gasteiger charge is -2.07. The van der Waals surface area contributed by atoms with Gasteiger partial charge < -0.3 is 4.79 Å². The van der Waals surface area contributed by atoms with Crippen LogP contribution in [0.4, 0.5) is 0 Å². The van der Waals surface area contributed by atoms with E-state index in [-0.39, 0.29) is 11.7 Å². The molecule has 0 amide bonds. The van der Waals surface area contributed by atoms with E-state index in [9.17, 15) is 9.59 Å². The first kappa shape index (κ1) is 13.3. The van der Waals surface area contributed by atoms with Crippen LogP contribution in [0, 0.1) is 5.92 Å². The van der Waals surface area contributed by atoms with E-state index in [0.29, 0.717) is 18.6 Å². The highest BCUT2D eigenvalue weighted by Crippen LogP contribution is 2.12. The fourth-order valence-corrected chi connectivity index (χ4v) is 1.51. The van der Waals surface area contributed by atoms with E-state index in [2.05, 4.69) is 0 Å². The molecular weight excluding hydrogens is 176 g/mol. The second-order valence-corrected chi connectivity index (χ2v) is 4.02. The molecule has 1 unspecified atom stereocenters. The van der Waals surface area contributed by atoms with Gasteiger partial charge in [-0.25, -0.2) is 0 Å². The van der Waals surface area contributed by atoms with Crippen molar-refractivity contribution in [3.8, 4) is 0 Å². The van der Waals surface area contributed by atoms with Gasteiger partial charge in [0.15, 0.2) is 0 Å². The van der Waals surface area contributed by atoms with Crippen LogP contribution in [0.3, 0.4) is 0 Å². The highest BCUT2D eigenvalue weighted by molar-refractivity contribution is 5.80. The summed E-state index contributed by atoms with van der Waals surface area (Å²) in [5.41, 5.74) is 0. The SMILES string of the molecule is CCC(=O)C(C)CCCCCC(C)=O. The molecule has 0 heterocycles. The number of carbonyl (C=O) groups is 2. The molecule has 2 heteroatoms. The van der Waals surface area contributed by atoms with E-state index in [0.717, 1.165) is 25.7 Å². The number of unbranched alkanes of at least 4 members (excludes halogenated alkanes) is 2. The third-order valence-corrected chi connectivity index (χ3v) is 2.56. The van der Waals surface area contributed by atoms with Crippen LogP contribution in [0.15, 0.2) is 0 Å². The molecule has 0 aromatic rings. The number of hydrogen-bond donors (Lipinski definition) is 0. The molecule has 0 aliphatic heterocycles. The molecule has 0 fully saturated rings. The van der Waals surface area contributed by atoms with E-state index < -0.39 is 0 Å². The van der Waals surface area contributed by atoms with Crippen molar-refractivity contribution in [1.82, 2.24) is 0 Å². The molecule has 0 radical (unpaired) electrons. The Bertz CT molecular complexity index is 185. The summed E-state index contributed by atoms with van der Waals surface area (Å²) in [6.45, 7) is 5.54. The minimum Gasteiger partial charge on any atom is -0.300 e. The normalized spacial score (nSPS) is 12.5. The van der Waals surface area contributed by atoms with Crippen LogP contribution in [0.5, 0.6) is 0 Å². The van der Waals surface area contributed by atoms with Gasteiger partial charge in [0.25, 0.3) is 0 Å². The minimum atomic E-state index is 0.206. The zero-order chi connectivity index (χ0) is 11.0. The third-order valence-electron chi connectivity index (χ3n) is 2.56. The first-order valence-electron chi connectivity index (χ1n) is 5.60. The maximum atomic E-state index is 11.2. The predicted molar refractivity (Wildman–Crippen MR) is 58.2 cm³/mol. The quantitative estimate of drug-likeness (QED) is 0.561. The molecule has 1 atom stereocenters. The zero-order valence-corrected chi connectivity index (χ0v) is 9.64. The summed E-state index contributed by atoms with van der Waals surface area (Å²) in [6.07, 6.45) is 5.43.